The van der Waals surface area contributed by atoms with Gasteiger partial charge in [-0.3, -0.25) is 4.79 Å². The van der Waals surface area contributed by atoms with Crippen LogP contribution >= 0.6 is 0 Å². The average molecular weight is 271 g/mol. The lowest BCUT2D eigenvalue weighted by Crippen LogP contribution is -2.24. The van der Waals surface area contributed by atoms with E-state index in [1.807, 2.05) is 25.1 Å². The van der Waals surface area contributed by atoms with E-state index in [0.717, 1.165) is 11.3 Å². The Bertz CT molecular complexity index is 626. The van der Waals surface area contributed by atoms with Crippen molar-refractivity contribution >= 4 is 11.6 Å². The second kappa shape index (κ2) is 6.06. The molecule has 3 N–H and O–H groups in total. The third kappa shape index (κ3) is 3.26. The van der Waals surface area contributed by atoms with Crippen molar-refractivity contribution in [2.24, 2.45) is 0 Å². The molecule has 0 bridgehead atoms. The number of carbonyl (C=O) groups excluding carboxylic acids is 1. The molecule has 1 aromatic heterocycles. The number of methoxy groups -OCH3 is 1. The third-order valence-corrected chi connectivity index (χ3v) is 2.87. The quantitative estimate of drug-likeness (QED) is 0.833. The van der Waals surface area contributed by atoms with Crippen LogP contribution in [0, 0.1) is 6.92 Å². The lowest BCUT2D eigenvalue weighted by Gasteiger charge is -2.08. The number of rotatable bonds is 4. The molecule has 104 valence electrons. The van der Waals surface area contributed by atoms with Gasteiger partial charge in [-0.05, 0) is 36.8 Å². The van der Waals surface area contributed by atoms with E-state index in [9.17, 15) is 4.79 Å². The summed E-state index contributed by atoms with van der Waals surface area (Å²) in [4.78, 5) is 16.1. The molecule has 5 nitrogen and oxygen atoms in total. The van der Waals surface area contributed by atoms with Gasteiger partial charge in [-0.25, -0.2) is 4.98 Å². The van der Waals surface area contributed by atoms with Crippen molar-refractivity contribution < 1.29 is 9.53 Å². The van der Waals surface area contributed by atoms with Crippen molar-refractivity contribution in [2.45, 2.75) is 13.5 Å². The number of nitrogen functional groups attached to an aromatic ring is 1. The van der Waals surface area contributed by atoms with E-state index in [0.29, 0.717) is 23.7 Å². The summed E-state index contributed by atoms with van der Waals surface area (Å²) in [5, 5.41) is 2.81. The molecule has 0 atom stereocenters. The number of nitrogens with one attached hydrogen (secondary N) is 1. The zero-order chi connectivity index (χ0) is 14.5. The Kier molecular flexibility index (Phi) is 4.20. The molecule has 0 aliphatic carbocycles. The van der Waals surface area contributed by atoms with E-state index in [1.165, 1.54) is 0 Å². The van der Waals surface area contributed by atoms with Crippen molar-refractivity contribution in [2.75, 3.05) is 12.8 Å². The molecular formula is C15H17N3O2. The zero-order valence-corrected chi connectivity index (χ0v) is 11.5. The van der Waals surface area contributed by atoms with Gasteiger partial charge in [-0.2, -0.15) is 0 Å². The molecule has 0 aliphatic heterocycles. The van der Waals surface area contributed by atoms with Gasteiger partial charge in [-0.15, -0.1) is 0 Å². The van der Waals surface area contributed by atoms with Crippen LogP contribution in [-0.2, 0) is 6.54 Å². The molecule has 20 heavy (non-hydrogen) atoms. The number of amides is 1. The smallest absolute Gasteiger partial charge is 0.270 e. The minimum Gasteiger partial charge on any atom is -0.495 e. The van der Waals surface area contributed by atoms with E-state index >= 15 is 0 Å². The van der Waals surface area contributed by atoms with E-state index < -0.39 is 0 Å². The number of nitrogens with zero attached hydrogens (tertiary/aromatic N) is 1. The topological polar surface area (TPSA) is 77.2 Å². The highest BCUT2D eigenvalue weighted by Gasteiger charge is 2.07. The standard InChI is InChI=1S/C15H17N3O2/c1-10-4-3-5-13(18-10)15(19)17-9-11-6-7-14(20-2)12(16)8-11/h3-8H,9,16H2,1-2H3,(H,17,19). The van der Waals surface area contributed by atoms with Crippen molar-refractivity contribution in [3.05, 3.63) is 53.3 Å². The summed E-state index contributed by atoms with van der Waals surface area (Å²) < 4.78 is 5.09. The largest absolute Gasteiger partial charge is 0.495 e. The van der Waals surface area contributed by atoms with E-state index in [2.05, 4.69) is 10.3 Å². The Morgan fingerprint density at radius 2 is 2.15 bits per heavy atom. The van der Waals surface area contributed by atoms with Crippen molar-refractivity contribution in [1.29, 1.82) is 0 Å². The fourth-order valence-corrected chi connectivity index (χ4v) is 1.84. The maximum absolute atomic E-state index is 11.9. The summed E-state index contributed by atoms with van der Waals surface area (Å²) in [6.07, 6.45) is 0. The molecule has 0 fully saturated rings. The summed E-state index contributed by atoms with van der Waals surface area (Å²) in [5.41, 5.74) is 8.50. The number of benzene rings is 1. The Balaban J connectivity index is 2.02. The second-order valence-electron chi connectivity index (χ2n) is 4.42. The highest BCUT2D eigenvalue weighted by Crippen LogP contribution is 2.21. The summed E-state index contributed by atoms with van der Waals surface area (Å²) in [7, 11) is 1.57. The summed E-state index contributed by atoms with van der Waals surface area (Å²) >= 11 is 0. The Labute approximate surface area is 117 Å². The molecule has 2 rings (SSSR count). The number of aromatic nitrogens is 1. The van der Waals surface area contributed by atoms with Crippen molar-refractivity contribution in [3.63, 3.8) is 0 Å². The van der Waals surface area contributed by atoms with E-state index in [-0.39, 0.29) is 5.91 Å². The first-order valence-corrected chi connectivity index (χ1v) is 6.24. The molecule has 0 saturated heterocycles. The van der Waals surface area contributed by atoms with Gasteiger partial charge in [0.25, 0.3) is 5.91 Å². The normalized spacial score (nSPS) is 10.1. The van der Waals surface area contributed by atoms with Gasteiger partial charge in [0.15, 0.2) is 0 Å². The molecular weight excluding hydrogens is 254 g/mol. The molecule has 0 radical (unpaired) electrons. The summed E-state index contributed by atoms with van der Waals surface area (Å²) in [6.45, 7) is 2.24. The zero-order valence-electron chi connectivity index (χ0n) is 11.5. The fourth-order valence-electron chi connectivity index (χ4n) is 1.84. The SMILES string of the molecule is COc1ccc(CNC(=O)c2cccc(C)n2)cc1N. The van der Waals surface area contributed by atoms with Crippen LogP contribution in [0.1, 0.15) is 21.7 Å². The number of pyridine rings is 1. The number of nitrogens with two attached hydrogens (primary N) is 1. The van der Waals surface area contributed by atoms with Gasteiger partial charge in [0, 0.05) is 12.2 Å². The molecule has 0 unspecified atom stereocenters. The lowest BCUT2D eigenvalue weighted by atomic mass is 10.2. The third-order valence-electron chi connectivity index (χ3n) is 2.87. The first-order valence-electron chi connectivity index (χ1n) is 6.24. The average Bonchev–Trinajstić information content (AvgIpc) is 2.45. The number of anilines is 1. The van der Waals surface area contributed by atoms with E-state index in [4.69, 9.17) is 10.5 Å². The maximum Gasteiger partial charge on any atom is 0.270 e. The predicted octanol–water partition coefficient (Wildman–Crippen LogP) is 1.91. The Morgan fingerprint density at radius 1 is 1.35 bits per heavy atom. The van der Waals surface area contributed by atoms with Crippen LogP contribution in [-0.4, -0.2) is 18.0 Å². The van der Waals surface area contributed by atoms with Crippen LogP contribution < -0.4 is 15.8 Å². The first-order chi connectivity index (χ1) is 9.60. The molecule has 1 heterocycles. The van der Waals surface area contributed by atoms with Crippen LogP contribution in [0.4, 0.5) is 5.69 Å². The van der Waals surface area contributed by atoms with Gasteiger partial charge in [0.05, 0.1) is 12.8 Å². The number of carbonyl (C=O) groups is 1. The van der Waals surface area contributed by atoms with Crippen LogP contribution in [0.3, 0.4) is 0 Å². The number of hydrogen-bond acceptors (Lipinski definition) is 4. The van der Waals surface area contributed by atoms with Crippen molar-refractivity contribution in [3.8, 4) is 5.75 Å². The number of hydrogen-bond donors (Lipinski definition) is 2. The highest BCUT2D eigenvalue weighted by molar-refractivity contribution is 5.92. The maximum atomic E-state index is 11.9. The van der Waals surface area contributed by atoms with Crippen molar-refractivity contribution in [1.82, 2.24) is 10.3 Å². The van der Waals surface area contributed by atoms with E-state index in [1.54, 1.807) is 25.3 Å². The molecule has 5 heteroatoms. The molecule has 0 saturated carbocycles. The van der Waals surface area contributed by atoms with Gasteiger partial charge in [0.1, 0.15) is 11.4 Å². The van der Waals surface area contributed by atoms with Gasteiger partial charge in [0.2, 0.25) is 0 Å². The minimum absolute atomic E-state index is 0.205. The number of aryl methyl sites for hydroxylation is 1. The Hall–Kier alpha value is -2.56. The van der Waals surface area contributed by atoms with Gasteiger partial charge >= 0.3 is 0 Å². The van der Waals surface area contributed by atoms with Crippen LogP contribution in [0.2, 0.25) is 0 Å². The number of ether oxygens (including phenoxy) is 1. The predicted molar refractivity (Wildman–Crippen MR) is 77.6 cm³/mol. The summed E-state index contributed by atoms with van der Waals surface area (Å²) in [6, 6.07) is 10.8. The molecule has 0 spiro atoms. The lowest BCUT2D eigenvalue weighted by molar-refractivity contribution is 0.0945. The van der Waals surface area contributed by atoms with Crippen LogP contribution in [0.25, 0.3) is 0 Å². The fraction of sp³-hybridized carbons (Fsp3) is 0.200. The highest BCUT2D eigenvalue weighted by atomic mass is 16.5. The molecule has 2 aromatic rings. The molecule has 1 amide bonds. The first kappa shape index (κ1) is 13.9. The Morgan fingerprint density at radius 3 is 2.80 bits per heavy atom. The molecule has 1 aromatic carbocycles. The van der Waals surface area contributed by atoms with Crippen LogP contribution in [0.5, 0.6) is 5.75 Å². The monoisotopic (exact) mass is 271 g/mol. The van der Waals surface area contributed by atoms with Gasteiger partial charge in [-0.1, -0.05) is 12.1 Å². The minimum atomic E-state index is -0.205. The van der Waals surface area contributed by atoms with Crippen LogP contribution in [0.15, 0.2) is 36.4 Å². The van der Waals surface area contributed by atoms with Gasteiger partial charge < -0.3 is 15.8 Å². The summed E-state index contributed by atoms with van der Waals surface area (Å²) in [5.74, 6) is 0.420. The second-order valence-corrected chi connectivity index (χ2v) is 4.42. The molecule has 0 aliphatic rings.